The van der Waals surface area contributed by atoms with Gasteiger partial charge in [0.25, 0.3) is 0 Å². The van der Waals surface area contributed by atoms with Crippen LogP contribution in [0.15, 0.2) is 12.3 Å². The van der Waals surface area contributed by atoms with Gasteiger partial charge in [-0.1, -0.05) is 0 Å². The van der Waals surface area contributed by atoms with Crippen molar-refractivity contribution in [2.45, 2.75) is 6.18 Å². The van der Waals surface area contributed by atoms with Crippen LogP contribution in [0.25, 0.3) is 0 Å². The van der Waals surface area contributed by atoms with E-state index in [1.165, 1.54) is 0 Å². The average Bonchev–Trinajstić information content (AvgIpc) is 2.23. The summed E-state index contributed by atoms with van der Waals surface area (Å²) in [6, 6.07) is 0.755. The Labute approximate surface area is 94.0 Å². The first kappa shape index (κ1) is 13.0. The molecule has 1 amide bonds. The van der Waals surface area contributed by atoms with Crippen LogP contribution >= 0.6 is 0 Å². The molecule has 0 saturated carbocycles. The van der Waals surface area contributed by atoms with Crippen LogP contribution in [0, 0.1) is 0 Å². The number of rotatable bonds is 4. The van der Waals surface area contributed by atoms with Gasteiger partial charge in [-0.05, 0) is 6.07 Å². The van der Waals surface area contributed by atoms with E-state index >= 15 is 0 Å². The zero-order chi connectivity index (χ0) is 12.9. The number of nitrogens with two attached hydrogens (primary N) is 1. The van der Waals surface area contributed by atoms with Crippen molar-refractivity contribution in [3.63, 3.8) is 0 Å². The summed E-state index contributed by atoms with van der Waals surface area (Å²) in [7, 11) is 0. The fraction of sp³-hybridized carbons (Fsp3) is 0.375. The van der Waals surface area contributed by atoms with Gasteiger partial charge in [0, 0.05) is 6.20 Å². The lowest BCUT2D eigenvalue weighted by atomic mass is 10.4. The quantitative estimate of drug-likeness (QED) is 0.778. The second-order valence-corrected chi connectivity index (χ2v) is 2.86. The molecule has 1 aromatic rings. The number of anilines is 1. The molecule has 0 saturated heterocycles. The lowest BCUT2D eigenvalue weighted by molar-refractivity contribution is -0.141. The van der Waals surface area contributed by atoms with E-state index in [9.17, 15) is 18.0 Å². The molecule has 0 aliphatic heterocycles. The smallest absolute Gasteiger partial charge is 0.433 e. The molecule has 0 aromatic carbocycles. The molecule has 0 radical (unpaired) electrons. The number of aromatic nitrogens is 2. The number of hydrogen-bond acceptors (Lipinski definition) is 5. The zero-order valence-corrected chi connectivity index (χ0v) is 8.49. The number of hydrogen-bond donors (Lipinski definition) is 2. The van der Waals surface area contributed by atoms with Gasteiger partial charge in [-0.25, -0.2) is 14.8 Å². The first-order valence-electron chi connectivity index (χ1n) is 4.46. The number of halogens is 3. The van der Waals surface area contributed by atoms with E-state index in [2.05, 4.69) is 25.8 Å². The molecular weight excluding hydrogens is 241 g/mol. The normalized spacial score (nSPS) is 11.0. The van der Waals surface area contributed by atoms with E-state index in [0.717, 1.165) is 12.3 Å². The van der Waals surface area contributed by atoms with Crippen LogP contribution < -0.4 is 11.1 Å². The molecule has 9 heteroatoms. The monoisotopic (exact) mass is 250 g/mol. The van der Waals surface area contributed by atoms with Gasteiger partial charge < -0.3 is 15.8 Å². The third-order valence-electron chi connectivity index (χ3n) is 1.58. The predicted molar refractivity (Wildman–Crippen MR) is 51.1 cm³/mol. The van der Waals surface area contributed by atoms with Crippen molar-refractivity contribution >= 4 is 12.0 Å². The van der Waals surface area contributed by atoms with Crippen LogP contribution in [0.1, 0.15) is 5.69 Å². The average molecular weight is 250 g/mol. The topological polar surface area (TPSA) is 90.1 Å². The number of carbonyl (C=O) groups excluding carboxylic acids is 1. The summed E-state index contributed by atoms with van der Waals surface area (Å²) in [4.78, 5) is 17.0. The zero-order valence-electron chi connectivity index (χ0n) is 8.49. The molecule has 0 unspecified atom stereocenters. The van der Waals surface area contributed by atoms with E-state index in [0.29, 0.717) is 0 Å². The molecule has 0 atom stereocenters. The van der Waals surface area contributed by atoms with E-state index in [4.69, 9.17) is 0 Å². The molecule has 1 heterocycles. The third kappa shape index (κ3) is 4.53. The molecule has 1 rings (SSSR count). The van der Waals surface area contributed by atoms with E-state index in [-0.39, 0.29) is 19.1 Å². The van der Waals surface area contributed by atoms with Gasteiger partial charge in [0.05, 0.1) is 6.54 Å². The fourth-order valence-electron chi connectivity index (χ4n) is 0.916. The first-order valence-corrected chi connectivity index (χ1v) is 4.46. The van der Waals surface area contributed by atoms with Crippen LogP contribution in [-0.4, -0.2) is 29.2 Å². The highest BCUT2D eigenvalue weighted by Gasteiger charge is 2.32. The maximum Gasteiger partial charge on any atom is 0.433 e. The summed E-state index contributed by atoms with van der Waals surface area (Å²) in [5.74, 6) is -0.201. The van der Waals surface area contributed by atoms with Crippen LogP contribution in [0.3, 0.4) is 0 Å². The Hall–Kier alpha value is -2.06. The lowest BCUT2D eigenvalue weighted by Gasteiger charge is -2.08. The largest absolute Gasteiger partial charge is 0.448 e. The number of amides is 1. The molecule has 0 fully saturated rings. The standard InChI is InChI=1S/C8H9F3N4O2/c9-8(10,11)5-1-2-13-7(15-5)14-3-4-17-6(12)16/h1-2H,3-4H2,(H2,12,16)(H,13,14,15). The van der Waals surface area contributed by atoms with Crippen LogP contribution in [0.5, 0.6) is 0 Å². The molecule has 1 aromatic heterocycles. The Bertz CT molecular complexity index is 397. The van der Waals surface area contributed by atoms with Crippen molar-refractivity contribution in [2.75, 3.05) is 18.5 Å². The molecule has 0 aliphatic carbocycles. The number of carbonyl (C=O) groups is 1. The molecule has 0 aliphatic rings. The molecule has 0 spiro atoms. The first-order chi connectivity index (χ1) is 7.89. The minimum Gasteiger partial charge on any atom is -0.448 e. The second kappa shape index (κ2) is 5.32. The summed E-state index contributed by atoms with van der Waals surface area (Å²) in [6.07, 6.45) is -4.51. The van der Waals surface area contributed by atoms with Crippen LogP contribution in [-0.2, 0) is 10.9 Å². The summed E-state index contributed by atoms with van der Waals surface area (Å²) >= 11 is 0. The Morgan fingerprint density at radius 3 is 2.82 bits per heavy atom. The van der Waals surface area contributed by atoms with Gasteiger partial charge in [-0.3, -0.25) is 0 Å². The van der Waals surface area contributed by atoms with Gasteiger partial charge >= 0.3 is 12.3 Å². The van der Waals surface area contributed by atoms with Crippen molar-refractivity contribution in [3.05, 3.63) is 18.0 Å². The lowest BCUT2D eigenvalue weighted by Crippen LogP contribution is -2.19. The molecule has 17 heavy (non-hydrogen) atoms. The number of nitrogens with one attached hydrogen (secondary N) is 1. The van der Waals surface area contributed by atoms with Crippen molar-refractivity contribution < 1.29 is 22.7 Å². The van der Waals surface area contributed by atoms with Crippen molar-refractivity contribution in [1.82, 2.24) is 9.97 Å². The second-order valence-electron chi connectivity index (χ2n) is 2.86. The van der Waals surface area contributed by atoms with Crippen LogP contribution in [0.4, 0.5) is 23.9 Å². The Morgan fingerprint density at radius 2 is 2.24 bits per heavy atom. The number of ether oxygens (including phenoxy) is 1. The van der Waals surface area contributed by atoms with E-state index in [1.807, 2.05) is 0 Å². The van der Waals surface area contributed by atoms with Crippen molar-refractivity contribution in [2.24, 2.45) is 5.73 Å². The Morgan fingerprint density at radius 1 is 1.53 bits per heavy atom. The third-order valence-corrected chi connectivity index (χ3v) is 1.58. The molecule has 6 nitrogen and oxygen atoms in total. The van der Waals surface area contributed by atoms with Gasteiger partial charge in [0.1, 0.15) is 12.3 Å². The highest BCUT2D eigenvalue weighted by molar-refractivity contribution is 5.64. The maximum atomic E-state index is 12.3. The number of nitrogens with zero attached hydrogens (tertiary/aromatic N) is 2. The van der Waals surface area contributed by atoms with E-state index < -0.39 is 18.0 Å². The Balaban J connectivity index is 2.52. The molecular formula is C8H9F3N4O2. The minimum absolute atomic E-state index is 0.0598. The highest BCUT2D eigenvalue weighted by Crippen LogP contribution is 2.27. The molecule has 3 N–H and O–H groups in total. The number of alkyl halides is 3. The van der Waals surface area contributed by atoms with Gasteiger partial charge in [-0.15, -0.1) is 0 Å². The van der Waals surface area contributed by atoms with Gasteiger partial charge in [-0.2, -0.15) is 13.2 Å². The van der Waals surface area contributed by atoms with Crippen molar-refractivity contribution in [1.29, 1.82) is 0 Å². The summed E-state index contributed by atoms with van der Waals surface area (Å²) < 4.78 is 41.1. The fourth-order valence-corrected chi connectivity index (χ4v) is 0.916. The van der Waals surface area contributed by atoms with E-state index in [1.54, 1.807) is 0 Å². The Kier molecular flexibility index (Phi) is 4.07. The van der Waals surface area contributed by atoms with Gasteiger partial charge in [0.2, 0.25) is 5.95 Å². The molecule has 94 valence electrons. The summed E-state index contributed by atoms with van der Waals surface area (Å²) in [5, 5.41) is 2.46. The molecule has 0 bridgehead atoms. The summed E-state index contributed by atoms with van der Waals surface area (Å²) in [6.45, 7) is -0.0286. The highest BCUT2D eigenvalue weighted by atomic mass is 19.4. The maximum absolute atomic E-state index is 12.3. The van der Waals surface area contributed by atoms with Crippen molar-refractivity contribution in [3.8, 4) is 0 Å². The predicted octanol–water partition coefficient (Wildman–Crippen LogP) is 1.00. The number of primary amides is 1. The van der Waals surface area contributed by atoms with Gasteiger partial charge in [0.15, 0.2) is 0 Å². The SMILES string of the molecule is NC(=O)OCCNc1nccc(C(F)(F)F)n1. The minimum atomic E-state index is -4.52. The van der Waals surface area contributed by atoms with Crippen LogP contribution in [0.2, 0.25) is 0 Å². The summed E-state index contributed by atoms with van der Waals surface area (Å²) in [5.41, 5.74) is 3.63.